The monoisotopic (exact) mass is 430 g/mol. The molecule has 2 aromatic heterocycles. The molecule has 1 aromatic carbocycles. The molecule has 0 radical (unpaired) electrons. The maximum atomic E-state index is 12.2. The fourth-order valence-corrected chi connectivity index (χ4v) is 4.84. The highest BCUT2D eigenvalue weighted by Gasteiger charge is 2.35. The number of nitrogens with two attached hydrogens (primary N) is 1. The van der Waals surface area contributed by atoms with E-state index >= 15 is 0 Å². The number of likely N-dealkylation sites (tertiary alicyclic amines) is 1. The van der Waals surface area contributed by atoms with E-state index in [1.165, 1.54) is 0 Å². The van der Waals surface area contributed by atoms with Crippen LogP contribution in [0, 0.1) is 13.8 Å². The molecule has 4 rings (SSSR count). The first-order chi connectivity index (χ1) is 15.5. The number of amides is 1. The van der Waals surface area contributed by atoms with Crippen LogP contribution in [0.4, 0.5) is 0 Å². The number of carbonyl (C=O) groups excluding carboxylic acids is 1. The van der Waals surface area contributed by atoms with Crippen molar-refractivity contribution >= 4 is 5.91 Å². The van der Waals surface area contributed by atoms with Crippen molar-refractivity contribution in [1.82, 2.24) is 14.9 Å². The fraction of sp³-hybridized carbons (Fsp3) is 0.346. The van der Waals surface area contributed by atoms with Crippen molar-refractivity contribution in [3.05, 3.63) is 94.1 Å². The van der Waals surface area contributed by atoms with E-state index < -0.39 is 5.91 Å². The highest BCUT2D eigenvalue weighted by atomic mass is 16.3. The average molecular weight is 431 g/mol. The van der Waals surface area contributed by atoms with Crippen molar-refractivity contribution in [2.75, 3.05) is 0 Å². The summed E-state index contributed by atoms with van der Waals surface area (Å²) in [4.78, 5) is 24.2. The topological polar surface area (TPSA) is 92.3 Å². The van der Waals surface area contributed by atoms with E-state index in [1.807, 2.05) is 36.7 Å². The Labute approximate surface area is 189 Å². The molecule has 6 nitrogen and oxygen atoms in total. The van der Waals surface area contributed by atoms with E-state index in [4.69, 9.17) is 15.7 Å². The summed E-state index contributed by atoms with van der Waals surface area (Å²) >= 11 is 0. The standard InChI is InChI=1S/C26H30N4O2/c1-17-6-4-12-28-24(17)22-8-3-9-23(25-18(2)7-5-13-29-25)30(22)15-20-11-10-19(16-31)14-21(20)26(27)32/h4-7,10-14,22-23,31H,3,8-9,15-16H2,1-2H3,(H2,27,32)/t22-,23+. The molecule has 1 saturated heterocycles. The summed E-state index contributed by atoms with van der Waals surface area (Å²) < 4.78 is 0. The molecule has 3 aromatic rings. The van der Waals surface area contributed by atoms with E-state index in [0.717, 1.165) is 47.3 Å². The molecule has 6 heteroatoms. The molecule has 3 heterocycles. The van der Waals surface area contributed by atoms with Gasteiger partial charge in [-0.15, -0.1) is 0 Å². The van der Waals surface area contributed by atoms with Crippen LogP contribution in [-0.4, -0.2) is 25.9 Å². The smallest absolute Gasteiger partial charge is 0.249 e. The maximum absolute atomic E-state index is 12.2. The number of aryl methyl sites for hydroxylation is 2. The Morgan fingerprint density at radius 1 is 1.03 bits per heavy atom. The third-order valence-corrected chi connectivity index (χ3v) is 6.46. The molecule has 166 valence electrons. The minimum atomic E-state index is -0.483. The highest BCUT2D eigenvalue weighted by molar-refractivity contribution is 5.94. The second-order valence-electron chi connectivity index (χ2n) is 8.56. The third kappa shape index (κ3) is 4.42. The molecule has 32 heavy (non-hydrogen) atoms. The Balaban J connectivity index is 1.81. The van der Waals surface area contributed by atoms with Crippen LogP contribution in [0.1, 0.15) is 75.3 Å². The van der Waals surface area contributed by atoms with Gasteiger partial charge in [-0.3, -0.25) is 19.7 Å². The lowest BCUT2D eigenvalue weighted by Crippen LogP contribution is -2.38. The minimum Gasteiger partial charge on any atom is -0.392 e. The molecule has 0 spiro atoms. The van der Waals surface area contributed by atoms with Crippen molar-refractivity contribution in [2.45, 2.75) is 58.3 Å². The normalized spacial score (nSPS) is 19.1. The van der Waals surface area contributed by atoms with Crippen LogP contribution >= 0.6 is 0 Å². The molecule has 1 aliphatic rings. The van der Waals surface area contributed by atoms with Gasteiger partial charge < -0.3 is 10.8 Å². The second-order valence-corrected chi connectivity index (χ2v) is 8.56. The van der Waals surface area contributed by atoms with Gasteiger partial charge in [0, 0.05) is 24.5 Å². The van der Waals surface area contributed by atoms with Crippen LogP contribution < -0.4 is 5.73 Å². The van der Waals surface area contributed by atoms with Crippen molar-refractivity contribution in [3.63, 3.8) is 0 Å². The Morgan fingerprint density at radius 3 is 2.12 bits per heavy atom. The first-order valence-electron chi connectivity index (χ1n) is 11.1. The average Bonchev–Trinajstić information content (AvgIpc) is 2.80. The fourth-order valence-electron chi connectivity index (χ4n) is 4.84. The molecule has 3 N–H and O–H groups in total. The number of piperidine rings is 1. The summed E-state index contributed by atoms with van der Waals surface area (Å²) in [5, 5.41) is 9.52. The zero-order valence-electron chi connectivity index (χ0n) is 18.7. The molecule has 1 aliphatic heterocycles. The van der Waals surface area contributed by atoms with Crippen LogP contribution in [-0.2, 0) is 13.2 Å². The van der Waals surface area contributed by atoms with Gasteiger partial charge in [-0.2, -0.15) is 0 Å². The van der Waals surface area contributed by atoms with Gasteiger partial charge in [0.2, 0.25) is 5.91 Å². The van der Waals surface area contributed by atoms with Crippen LogP contribution in [0.25, 0.3) is 0 Å². The van der Waals surface area contributed by atoms with Gasteiger partial charge in [-0.25, -0.2) is 0 Å². The number of pyridine rings is 2. The molecular formula is C26H30N4O2. The first kappa shape index (κ1) is 22.1. The Bertz CT molecular complexity index is 1060. The van der Waals surface area contributed by atoms with Gasteiger partial charge in [0.25, 0.3) is 0 Å². The number of hydrogen-bond acceptors (Lipinski definition) is 5. The predicted octanol–water partition coefficient (Wildman–Crippen LogP) is 4.15. The maximum Gasteiger partial charge on any atom is 0.249 e. The molecule has 0 saturated carbocycles. The third-order valence-electron chi connectivity index (χ3n) is 6.46. The van der Waals surface area contributed by atoms with Crippen molar-refractivity contribution in [1.29, 1.82) is 0 Å². The van der Waals surface area contributed by atoms with Gasteiger partial charge in [0.1, 0.15) is 0 Å². The number of aliphatic hydroxyl groups excluding tert-OH is 1. The van der Waals surface area contributed by atoms with Gasteiger partial charge in [0.15, 0.2) is 0 Å². The van der Waals surface area contributed by atoms with Crippen LogP contribution in [0.2, 0.25) is 0 Å². The van der Waals surface area contributed by atoms with Crippen LogP contribution in [0.15, 0.2) is 54.9 Å². The Hall–Kier alpha value is -3.09. The van der Waals surface area contributed by atoms with Crippen molar-refractivity contribution in [3.8, 4) is 0 Å². The number of aliphatic hydroxyl groups is 1. The summed E-state index contributed by atoms with van der Waals surface area (Å²) in [6.45, 7) is 4.61. The number of rotatable bonds is 6. The number of primary amides is 1. The van der Waals surface area contributed by atoms with Crippen molar-refractivity contribution < 1.29 is 9.90 Å². The summed E-state index contributed by atoms with van der Waals surface area (Å²) in [6, 6.07) is 13.8. The number of aromatic nitrogens is 2. The molecule has 1 fully saturated rings. The lowest BCUT2D eigenvalue weighted by molar-refractivity contribution is 0.0673. The number of nitrogens with zero attached hydrogens (tertiary/aromatic N) is 3. The molecule has 0 aliphatic carbocycles. The highest BCUT2D eigenvalue weighted by Crippen LogP contribution is 2.43. The van der Waals surface area contributed by atoms with Crippen LogP contribution in [0.5, 0.6) is 0 Å². The van der Waals surface area contributed by atoms with E-state index in [2.05, 4.69) is 30.9 Å². The molecule has 1 amide bonds. The van der Waals surface area contributed by atoms with Crippen molar-refractivity contribution in [2.24, 2.45) is 5.73 Å². The van der Waals surface area contributed by atoms with E-state index in [-0.39, 0.29) is 18.7 Å². The molecule has 0 unspecified atom stereocenters. The summed E-state index contributed by atoms with van der Waals surface area (Å²) in [6.07, 6.45) is 6.74. The Morgan fingerprint density at radius 2 is 1.62 bits per heavy atom. The lowest BCUT2D eigenvalue weighted by Gasteiger charge is -2.42. The zero-order chi connectivity index (χ0) is 22.7. The summed E-state index contributed by atoms with van der Waals surface area (Å²) in [5.74, 6) is -0.483. The van der Waals surface area contributed by atoms with Gasteiger partial charge in [-0.1, -0.05) is 24.3 Å². The quantitative estimate of drug-likeness (QED) is 0.613. The molecule has 0 bridgehead atoms. The van der Waals surface area contributed by atoms with E-state index in [9.17, 15) is 9.90 Å². The van der Waals surface area contributed by atoms with E-state index in [0.29, 0.717) is 17.7 Å². The Kier molecular flexibility index (Phi) is 6.63. The van der Waals surface area contributed by atoms with E-state index in [1.54, 1.807) is 6.07 Å². The number of benzene rings is 1. The second kappa shape index (κ2) is 9.59. The minimum absolute atomic E-state index is 0.106. The zero-order valence-corrected chi connectivity index (χ0v) is 18.7. The van der Waals surface area contributed by atoms with Crippen LogP contribution in [0.3, 0.4) is 0 Å². The SMILES string of the molecule is Cc1cccnc1[C@H]1CCC[C@@H](c2ncccc2C)N1Cc1ccc(CO)cc1C(N)=O. The van der Waals surface area contributed by atoms with Gasteiger partial charge >= 0.3 is 0 Å². The molecular weight excluding hydrogens is 400 g/mol. The first-order valence-corrected chi connectivity index (χ1v) is 11.1. The molecule has 2 atom stereocenters. The number of hydrogen-bond donors (Lipinski definition) is 2. The van der Waals surface area contributed by atoms with Gasteiger partial charge in [0.05, 0.1) is 30.1 Å². The van der Waals surface area contributed by atoms with Gasteiger partial charge in [-0.05, 0) is 73.6 Å². The predicted molar refractivity (Wildman–Crippen MR) is 124 cm³/mol. The number of carbonyl (C=O) groups is 1. The largest absolute Gasteiger partial charge is 0.392 e. The summed E-state index contributed by atoms with van der Waals surface area (Å²) in [5.41, 5.74) is 12.2. The lowest BCUT2D eigenvalue weighted by atomic mass is 9.88. The summed E-state index contributed by atoms with van der Waals surface area (Å²) in [7, 11) is 0.